The van der Waals surface area contributed by atoms with Crippen LogP contribution in [0.4, 0.5) is 0 Å². The van der Waals surface area contributed by atoms with Crippen molar-refractivity contribution < 1.29 is 9.28 Å². The Labute approximate surface area is 80.5 Å². The second-order valence-electron chi connectivity index (χ2n) is 4.07. The topological polar surface area (TPSA) is 17.1 Å². The Balaban J connectivity index is 2.62. The zero-order valence-electron chi connectivity index (χ0n) is 8.38. The Morgan fingerprint density at radius 1 is 1.38 bits per heavy atom. The highest BCUT2D eigenvalue weighted by Crippen LogP contribution is 2.18. The molecule has 0 saturated carbocycles. The normalized spacial score (nSPS) is 20.6. The Bertz CT molecular complexity index is 221. The summed E-state index contributed by atoms with van der Waals surface area (Å²) in [4.78, 5) is 11.1. The molecule has 0 radical (unpaired) electrons. The number of ketones is 1. The van der Waals surface area contributed by atoms with E-state index in [9.17, 15) is 4.79 Å². The molecule has 0 bridgehead atoms. The van der Waals surface area contributed by atoms with Gasteiger partial charge in [-0.1, -0.05) is 0 Å². The van der Waals surface area contributed by atoms with E-state index in [1.807, 2.05) is 0 Å². The molecule has 0 N–H and O–H groups in total. The van der Waals surface area contributed by atoms with Crippen molar-refractivity contribution in [3.05, 3.63) is 0 Å². The summed E-state index contributed by atoms with van der Waals surface area (Å²) < 4.78 is 0.839. The van der Waals surface area contributed by atoms with Crippen LogP contribution in [0.1, 0.15) is 26.2 Å². The van der Waals surface area contributed by atoms with Gasteiger partial charge in [0.25, 0.3) is 0 Å². The molecule has 2 heteroatoms. The lowest BCUT2D eigenvalue weighted by Gasteiger charge is -2.39. The average Bonchev–Trinajstić information content (AvgIpc) is 2.04. The number of rotatable bonds is 3. The minimum absolute atomic E-state index is 0.261. The molecule has 1 heterocycles. The van der Waals surface area contributed by atoms with Crippen LogP contribution in [0, 0.1) is 12.3 Å². The van der Waals surface area contributed by atoms with Crippen molar-refractivity contribution in [1.29, 1.82) is 0 Å². The number of terminal acetylenes is 1. The Morgan fingerprint density at radius 2 is 2.00 bits per heavy atom. The number of nitrogens with zero attached hydrogens (tertiary/aromatic N) is 1. The maximum atomic E-state index is 11.1. The zero-order chi connectivity index (χ0) is 9.73. The lowest BCUT2D eigenvalue weighted by Crippen LogP contribution is -2.54. The lowest BCUT2D eigenvalue weighted by molar-refractivity contribution is -0.918. The number of likely N-dealkylation sites (tertiary alicyclic amines) is 1. The molecule has 0 aromatic rings. The van der Waals surface area contributed by atoms with E-state index in [0.29, 0.717) is 6.54 Å². The first-order chi connectivity index (χ1) is 6.18. The number of carbonyl (C=O) groups excluding carboxylic acids is 1. The Kier molecular flexibility index (Phi) is 3.50. The fraction of sp³-hybridized carbons (Fsp3) is 0.727. The molecule has 0 aliphatic carbocycles. The van der Waals surface area contributed by atoms with Crippen molar-refractivity contribution in [2.45, 2.75) is 26.2 Å². The molecule has 0 atom stereocenters. The van der Waals surface area contributed by atoms with Gasteiger partial charge in [0.1, 0.15) is 13.1 Å². The molecule has 1 aliphatic rings. The molecule has 0 spiro atoms. The van der Waals surface area contributed by atoms with Crippen LogP contribution >= 0.6 is 0 Å². The smallest absolute Gasteiger partial charge is 0.183 e. The van der Waals surface area contributed by atoms with Crippen molar-refractivity contribution in [3.8, 4) is 12.3 Å². The highest BCUT2D eigenvalue weighted by atomic mass is 16.1. The maximum absolute atomic E-state index is 11.1. The van der Waals surface area contributed by atoms with Gasteiger partial charge in [0.15, 0.2) is 5.78 Å². The van der Waals surface area contributed by atoms with E-state index in [1.165, 1.54) is 19.3 Å². The molecule has 13 heavy (non-hydrogen) atoms. The van der Waals surface area contributed by atoms with Crippen molar-refractivity contribution in [3.63, 3.8) is 0 Å². The minimum Gasteiger partial charge on any atom is -0.307 e. The molecule has 0 amide bonds. The summed E-state index contributed by atoms with van der Waals surface area (Å²) in [5.74, 6) is 2.96. The summed E-state index contributed by atoms with van der Waals surface area (Å²) in [6.07, 6.45) is 9.07. The van der Waals surface area contributed by atoms with Crippen LogP contribution in [-0.4, -0.2) is 36.4 Å². The molecule has 0 aromatic heterocycles. The zero-order valence-corrected chi connectivity index (χ0v) is 8.38. The van der Waals surface area contributed by atoms with E-state index in [4.69, 9.17) is 6.42 Å². The van der Waals surface area contributed by atoms with Crippen LogP contribution in [0.25, 0.3) is 0 Å². The summed E-state index contributed by atoms with van der Waals surface area (Å²) in [6.45, 7) is 5.18. The quantitative estimate of drug-likeness (QED) is 0.471. The van der Waals surface area contributed by atoms with Gasteiger partial charge in [-0.2, -0.15) is 0 Å². The standard InChI is InChI=1S/C11H18NO/c1-3-7-12(10-11(2)13)8-5-4-6-9-12/h1H,4-10H2,2H3/q+1. The second-order valence-corrected chi connectivity index (χ2v) is 4.07. The third-order valence-electron chi connectivity index (χ3n) is 2.75. The molecule has 0 aromatic carbocycles. The fourth-order valence-corrected chi connectivity index (χ4v) is 2.22. The number of hydrogen-bond acceptors (Lipinski definition) is 1. The Hall–Kier alpha value is -0.810. The summed E-state index contributed by atoms with van der Waals surface area (Å²) in [7, 11) is 0. The highest BCUT2D eigenvalue weighted by Gasteiger charge is 2.29. The van der Waals surface area contributed by atoms with Gasteiger partial charge in [0.05, 0.1) is 13.1 Å². The molecule has 0 unspecified atom stereocenters. The van der Waals surface area contributed by atoms with Crippen LogP contribution in [-0.2, 0) is 4.79 Å². The van der Waals surface area contributed by atoms with E-state index in [2.05, 4.69) is 5.92 Å². The first-order valence-corrected chi connectivity index (χ1v) is 4.96. The average molecular weight is 180 g/mol. The summed E-state index contributed by atoms with van der Waals surface area (Å²) in [5.41, 5.74) is 0. The van der Waals surface area contributed by atoms with Gasteiger partial charge in [0, 0.05) is 6.92 Å². The second kappa shape index (κ2) is 4.43. The van der Waals surface area contributed by atoms with Crippen LogP contribution < -0.4 is 0 Å². The minimum atomic E-state index is 0.261. The first-order valence-electron chi connectivity index (χ1n) is 4.96. The summed E-state index contributed by atoms with van der Waals surface area (Å²) >= 11 is 0. The van der Waals surface area contributed by atoms with E-state index < -0.39 is 0 Å². The Morgan fingerprint density at radius 3 is 2.46 bits per heavy atom. The van der Waals surface area contributed by atoms with Crippen LogP contribution in [0.2, 0.25) is 0 Å². The number of quaternary nitrogens is 1. The van der Waals surface area contributed by atoms with Gasteiger partial charge in [-0.3, -0.25) is 4.79 Å². The fourth-order valence-electron chi connectivity index (χ4n) is 2.22. The molecular formula is C11H18NO+. The molecular weight excluding hydrogens is 162 g/mol. The molecule has 1 aliphatic heterocycles. The number of hydrogen-bond donors (Lipinski definition) is 0. The number of Topliss-reactive ketones (excluding diaryl/α,β-unsaturated/α-hetero) is 1. The van der Waals surface area contributed by atoms with Crippen molar-refractivity contribution in [1.82, 2.24) is 0 Å². The SMILES string of the molecule is C#CC[N+]1(CC(C)=O)CCCCC1. The van der Waals surface area contributed by atoms with Gasteiger partial charge in [-0.05, 0) is 25.2 Å². The van der Waals surface area contributed by atoms with Crippen LogP contribution in [0.5, 0.6) is 0 Å². The summed E-state index contributed by atoms with van der Waals surface area (Å²) in [6, 6.07) is 0. The van der Waals surface area contributed by atoms with Gasteiger partial charge in [0.2, 0.25) is 0 Å². The van der Waals surface area contributed by atoms with Gasteiger partial charge >= 0.3 is 0 Å². The number of piperidine rings is 1. The van der Waals surface area contributed by atoms with Crippen LogP contribution in [0.15, 0.2) is 0 Å². The largest absolute Gasteiger partial charge is 0.307 e. The first kappa shape index (κ1) is 10.3. The predicted molar refractivity (Wildman–Crippen MR) is 53.1 cm³/mol. The van der Waals surface area contributed by atoms with Gasteiger partial charge in [-0.15, -0.1) is 6.42 Å². The monoisotopic (exact) mass is 180 g/mol. The molecule has 1 fully saturated rings. The molecule has 1 rings (SSSR count). The van der Waals surface area contributed by atoms with Gasteiger partial charge in [-0.25, -0.2) is 0 Å². The van der Waals surface area contributed by atoms with E-state index >= 15 is 0 Å². The number of carbonyl (C=O) groups is 1. The van der Waals surface area contributed by atoms with E-state index in [0.717, 1.165) is 24.1 Å². The van der Waals surface area contributed by atoms with E-state index in [1.54, 1.807) is 6.92 Å². The van der Waals surface area contributed by atoms with Crippen LogP contribution in [0.3, 0.4) is 0 Å². The van der Waals surface area contributed by atoms with Crippen molar-refractivity contribution in [2.24, 2.45) is 0 Å². The molecule has 1 saturated heterocycles. The predicted octanol–water partition coefficient (Wildman–Crippen LogP) is 1.21. The van der Waals surface area contributed by atoms with Crippen molar-refractivity contribution >= 4 is 5.78 Å². The lowest BCUT2D eigenvalue weighted by atomic mass is 10.1. The third-order valence-corrected chi connectivity index (χ3v) is 2.75. The maximum Gasteiger partial charge on any atom is 0.183 e. The van der Waals surface area contributed by atoms with E-state index in [-0.39, 0.29) is 5.78 Å². The molecule has 72 valence electrons. The highest BCUT2D eigenvalue weighted by molar-refractivity contribution is 5.76. The molecule has 2 nitrogen and oxygen atoms in total. The van der Waals surface area contributed by atoms with Crippen molar-refractivity contribution in [2.75, 3.05) is 26.2 Å². The summed E-state index contributed by atoms with van der Waals surface area (Å²) in [5, 5.41) is 0. The third kappa shape index (κ3) is 2.86. The van der Waals surface area contributed by atoms with Gasteiger partial charge < -0.3 is 4.48 Å².